The van der Waals surface area contributed by atoms with E-state index in [2.05, 4.69) is 15.9 Å². The van der Waals surface area contributed by atoms with Gasteiger partial charge in [0.1, 0.15) is 24.4 Å². The largest absolute Gasteiger partial charge is 0.382 e. The minimum absolute atomic E-state index is 0.537. The molecular weight excluding hydrogens is 378 g/mol. The molecule has 0 aromatic rings. The van der Waals surface area contributed by atoms with Crippen LogP contribution in [0.5, 0.6) is 0 Å². The molecule has 10 heteroatoms. The molecule has 0 bridgehead atoms. The Morgan fingerprint density at radius 2 is 1.57 bits per heavy atom. The van der Waals surface area contributed by atoms with Gasteiger partial charge >= 0.3 is 0 Å². The molecule has 0 saturated carbocycles. The third-order valence-corrected chi connectivity index (χ3v) is 4.89. The van der Waals surface area contributed by atoms with Crippen LogP contribution in [-0.2, 0) is 23.7 Å². The summed E-state index contributed by atoms with van der Waals surface area (Å²) in [4.78, 5) is 8.92. The minimum atomic E-state index is -1.44. The van der Waals surface area contributed by atoms with Crippen molar-refractivity contribution < 1.29 is 33.7 Å². The van der Waals surface area contributed by atoms with Crippen molar-refractivity contribution >= 4 is 15.9 Å². The Morgan fingerprint density at radius 1 is 1.04 bits per heavy atom. The summed E-state index contributed by atoms with van der Waals surface area (Å²) >= 11 is 2.87. The number of hydrogen-bond acceptors (Lipinski definition) is 8. The highest BCUT2D eigenvalue weighted by molar-refractivity contribution is 9.09. The fraction of sp³-hybridized carbons (Fsp3) is 1.00. The molecule has 0 aromatic carbocycles. The number of halogens is 1. The highest BCUT2D eigenvalue weighted by Gasteiger charge is 2.63. The average molecular weight is 398 g/mol. The SMILES string of the molecule is CC1(C)O[C@H]2[C@@H](O1)[C@@H](C(O)C(Br)[N+](=O)[O-])O[C@@H]1OC(C)(C)O[C@@H]12. The van der Waals surface area contributed by atoms with E-state index in [9.17, 15) is 15.2 Å². The average Bonchev–Trinajstić information content (AvgIpc) is 2.90. The van der Waals surface area contributed by atoms with Gasteiger partial charge in [-0.15, -0.1) is 0 Å². The van der Waals surface area contributed by atoms with Crippen LogP contribution in [0.4, 0.5) is 0 Å². The Hall–Kier alpha value is -0.360. The minimum Gasteiger partial charge on any atom is -0.382 e. The monoisotopic (exact) mass is 397 g/mol. The van der Waals surface area contributed by atoms with Gasteiger partial charge in [0.05, 0.1) is 0 Å². The Kier molecular flexibility index (Phi) is 4.24. The van der Waals surface area contributed by atoms with Crippen LogP contribution < -0.4 is 0 Å². The Morgan fingerprint density at radius 3 is 2.17 bits per heavy atom. The second-order valence-electron chi connectivity index (χ2n) is 6.78. The van der Waals surface area contributed by atoms with E-state index in [-0.39, 0.29) is 0 Å². The first-order chi connectivity index (χ1) is 10.5. The second kappa shape index (κ2) is 5.58. The lowest BCUT2D eigenvalue weighted by molar-refractivity contribution is -0.508. The first-order valence-corrected chi connectivity index (χ1v) is 8.25. The molecule has 3 heterocycles. The fourth-order valence-corrected chi connectivity index (χ4v) is 3.50. The fourth-order valence-electron chi connectivity index (χ4n) is 3.20. The standard InChI is InChI=1S/C13H20BrNO8/c1-12(2)20-7-6(5(16)10(14)15(17)18)19-11-9(8(7)21-12)22-13(3,4)23-11/h5-11,16H,1-4H3/t5?,6-,7+,8+,9-,10?,11-/m1/s1. The molecule has 0 amide bonds. The van der Waals surface area contributed by atoms with Crippen molar-refractivity contribution in [3.05, 3.63) is 10.1 Å². The van der Waals surface area contributed by atoms with Gasteiger partial charge in [-0.25, -0.2) is 0 Å². The van der Waals surface area contributed by atoms with E-state index in [4.69, 9.17) is 23.7 Å². The van der Waals surface area contributed by atoms with Crippen LogP contribution >= 0.6 is 15.9 Å². The summed E-state index contributed by atoms with van der Waals surface area (Å²) in [6, 6.07) is 0. The van der Waals surface area contributed by atoms with Gasteiger partial charge in [-0.3, -0.25) is 10.1 Å². The zero-order chi connectivity index (χ0) is 17.2. The van der Waals surface area contributed by atoms with Crippen LogP contribution in [0.3, 0.4) is 0 Å². The molecule has 0 spiro atoms. The smallest absolute Gasteiger partial charge is 0.293 e. The maximum absolute atomic E-state index is 10.9. The summed E-state index contributed by atoms with van der Waals surface area (Å²) in [5.41, 5.74) is 0. The van der Waals surface area contributed by atoms with Crippen molar-refractivity contribution in [2.24, 2.45) is 0 Å². The van der Waals surface area contributed by atoms with Gasteiger partial charge < -0.3 is 28.8 Å². The van der Waals surface area contributed by atoms with Crippen molar-refractivity contribution in [2.75, 3.05) is 0 Å². The number of ether oxygens (including phenoxy) is 5. The molecule has 3 rings (SSSR count). The zero-order valence-electron chi connectivity index (χ0n) is 13.2. The van der Waals surface area contributed by atoms with Crippen molar-refractivity contribution in [2.45, 2.75) is 81.0 Å². The van der Waals surface area contributed by atoms with Crippen molar-refractivity contribution in [1.29, 1.82) is 0 Å². The summed E-state index contributed by atoms with van der Waals surface area (Å²) in [5.74, 6) is -1.80. The summed E-state index contributed by atoms with van der Waals surface area (Å²) in [5, 5.41) is 21.3. The van der Waals surface area contributed by atoms with Gasteiger partial charge in [0.15, 0.2) is 24.0 Å². The summed E-state index contributed by atoms with van der Waals surface area (Å²) < 4.78 is 28.9. The molecule has 0 aromatic heterocycles. The van der Waals surface area contributed by atoms with Crippen LogP contribution in [0.2, 0.25) is 0 Å². The van der Waals surface area contributed by atoms with Gasteiger partial charge in [-0.05, 0) is 43.6 Å². The Balaban J connectivity index is 1.88. The van der Waals surface area contributed by atoms with Gasteiger partial charge in [-0.1, -0.05) is 0 Å². The van der Waals surface area contributed by atoms with Gasteiger partial charge in [0.25, 0.3) is 4.95 Å². The quantitative estimate of drug-likeness (QED) is 0.321. The molecule has 3 saturated heterocycles. The van der Waals surface area contributed by atoms with E-state index in [0.29, 0.717) is 0 Å². The molecule has 0 radical (unpaired) electrons. The van der Waals surface area contributed by atoms with Gasteiger partial charge in [0, 0.05) is 4.92 Å². The molecular formula is C13H20BrNO8. The number of rotatable bonds is 3. The molecule has 132 valence electrons. The van der Waals surface area contributed by atoms with E-state index in [1.807, 2.05) is 0 Å². The highest BCUT2D eigenvalue weighted by Crippen LogP contribution is 2.45. The number of nitro groups is 1. The molecule has 7 atom stereocenters. The summed E-state index contributed by atoms with van der Waals surface area (Å²) in [6.45, 7) is 6.93. The maximum atomic E-state index is 10.9. The van der Waals surface area contributed by atoms with Crippen molar-refractivity contribution in [1.82, 2.24) is 0 Å². The molecule has 0 aliphatic carbocycles. The number of aliphatic hydroxyl groups excluding tert-OH is 1. The van der Waals surface area contributed by atoms with E-state index < -0.39 is 58.3 Å². The number of alkyl halides is 1. The predicted octanol–water partition coefficient (Wildman–Crippen LogP) is 0.741. The number of nitrogens with zero attached hydrogens (tertiary/aromatic N) is 1. The van der Waals surface area contributed by atoms with Gasteiger partial charge in [-0.2, -0.15) is 0 Å². The first kappa shape index (κ1) is 17.5. The topological polar surface area (TPSA) is 110 Å². The van der Waals surface area contributed by atoms with Gasteiger partial charge in [0.2, 0.25) is 0 Å². The first-order valence-electron chi connectivity index (χ1n) is 7.33. The molecule has 3 fully saturated rings. The zero-order valence-corrected chi connectivity index (χ0v) is 14.8. The number of fused-ring (bicyclic) bond motifs is 3. The number of aliphatic hydroxyl groups is 1. The number of hydrogen-bond donors (Lipinski definition) is 1. The summed E-state index contributed by atoms with van der Waals surface area (Å²) in [6.07, 6.45) is -5.03. The predicted molar refractivity (Wildman–Crippen MR) is 78.2 cm³/mol. The van der Waals surface area contributed by atoms with Crippen molar-refractivity contribution in [3.63, 3.8) is 0 Å². The molecule has 3 aliphatic rings. The van der Waals surface area contributed by atoms with Crippen LogP contribution in [-0.4, -0.2) is 63.4 Å². The third-order valence-electron chi connectivity index (χ3n) is 4.01. The van der Waals surface area contributed by atoms with Crippen molar-refractivity contribution in [3.8, 4) is 0 Å². The van der Waals surface area contributed by atoms with Crippen LogP contribution in [0.25, 0.3) is 0 Å². The third kappa shape index (κ3) is 3.13. The molecule has 3 aliphatic heterocycles. The molecule has 2 unspecified atom stereocenters. The maximum Gasteiger partial charge on any atom is 0.293 e. The summed E-state index contributed by atoms with van der Waals surface area (Å²) in [7, 11) is 0. The Bertz CT molecular complexity index is 500. The molecule has 23 heavy (non-hydrogen) atoms. The molecule has 9 nitrogen and oxygen atoms in total. The van der Waals surface area contributed by atoms with Crippen LogP contribution in [0.1, 0.15) is 27.7 Å². The lowest BCUT2D eigenvalue weighted by Gasteiger charge is -2.38. The lowest BCUT2D eigenvalue weighted by atomic mass is 9.95. The normalized spacial score (nSPS) is 43.5. The highest BCUT2D eigenvalue weighted by atomic mass is 79.9. The van der Waals surface area contributed by atoms with E-state index in [1.54, 1.807) is 27.7 Å². The Labute approximate surface area is 141 Å². The van der Waals surface area contributed by atoms with E-state index in [1.165, 1.54) is 0 Å². The van der Waals surface area contributed by atoms with Crippen LogP contribution in [0.15, 0.2) is 0 Å². The van der Waals surface area contributed by atoms with E-state index >= 15 is 0 Å². The van der Waals surface area contributed by atoms with E-state index in [0.717, 1.165) is 0 Å². The lowest BCUT2D eigenvalue weighted by Crippen LogP contribution is -2.60. The molecule has 1 N–H and O–H groups in total. The second-order valence-corrected chi connectivity index (χ2v) is 7.72. The van der Waals surface area contributed by atoms with Crippen LogP contribution in [0, 0.1) is 10.1 Å².